The number of methoxy groups -OCH3 is 1. The summed E-state index contributed by atoms with van der Waals surface area (Å²) in [6, 6.07) is 4.50. The van der Waals surface area contributed by atoms with E-state index >= 15 is 0 Å². The lowest BCUT2D eigenvalue weighted by molar-refractivity contribution is 0.415. The lowest BCUT2D eigenvalue weighted by atomic mass is 10.1. The molecule has 0 aliphatic rings. The average Bonchev–Trinajstić information content (AvgIpc) is 2.28. The molecule has 0 saturated carbocycles. The number of nitrogens with zero attached hydrogens (tertiary/aromatic N) is 1. The predicted octanol–water partition coefficient (Wildman–Crippen LogP) is 4.23. The van der Waals surface area contributed by atoms with Crippen LogP contribution in [0.5, 0.6) is 5.75 Å². The number of aromatic nitrogens is 1. The molecule has 2 aromatic rings. The Hall–Kier alpha value is -1.35. The Balaban J connectivity index is 2.66. The van der Waals surface area contributed by atoms with Crippen molar-refractivity contribution in [1.29, 1.82) is 0 Å². The summed E-state index contributed by atoms with van der Waals surface area (Å²) in [5.74, 6) is 0.523. The van der Waals surface area contributed by atoms with Crippen molar-refractivity contribution in [3.63, 3.8) is 0 Å². The third kappa shape index (κ3) is 2.56. The van der Waals surface area contributed by atoms with Gasteiger partial charge in [0.25, 0.3) is 0 Å². The minimum absolute atomic E-state index is 0.375. The summed E-state index contributed by atoms with van der Waals surface area (Å²) in [6.45, 7) is 4.23. The number of rotatable bonds is 3. The minimum atomic E-state index is -0.375. The molecule has 0 amide bonds. The van der Waals surface area contributed by atoms with Crippen LogP contribution in [0.1, 0.15) is 19.5 Å². The maximum Gasteiger partial charge on any atom is 0.148 e. The number of ether oxygens (including phenoxy) is 1. The van der Waals surface area contributed by atoms with E-state index in [0.29, 0.717) is 27.6 Å². The first-order chi connectivity index (χ1) is 8.51. The van der Waals surface area contributed by atoms with Crippen molar-refractivity contribution >= 4 is 22.5 Å². The molecule has 1 aromatic carbocycles. The summed E-state index contributed by atoms with van der Waals surface area (Å²) in [5.41, 5.74) is 1.51. The van der Waals surface area contributed by atoms with Gasteiger partial charge in [0.2, 0.25) is 0 Å². The maximum atomic E-state index is 13.4. The zero-order valence-electron chi connectivity index (χ0n) is 10.6. The van der Waals surface area contributed by atoms with Gasteiger partial charge < -0.3 is 4.74 Å². The first-order valence-corrected chi connectivity index (χ1v) is 6.21. The molecular weight excluding hydrogens is 253 g/mol. The lowest BCUT2D eigenvalue weighted by Crippen LogP contribution is -1.99. The Morgan fingerprint density at radius 1 is 1.33 bits per heavy atom. The average molecular weight is 268 g/mol. The number of hydrogen-bond donors (Lipinski definition) is 0. The molecule has 0 saturated heterocycles. The fourth-order valence-corrected chi connectivity index (χ4v) is 2.22. The summed E-state index contributed by atoms with van der Waals surface area (Å²) >= 11 is 6.18. The van der Waals surface area contributed by atoms with Crippen LogP contribution in [-0.2, 0) is 6.42 Å². The SMILES string of the molecule is COc1cc(F)cc2c(Cl)cc(CC(C)C)nc12. The molecule has 0 N–H and O–H groups in total. The van der Waals surface area contributed by atoms with E-state index in [2.05, 4.69) is 18.8 Å². The highest BCUT2D eigenvalue weighted by Gasteiger charge is 2.12. The highest BCUT2D eigenvalue weighted by Crippen LogP contribution is 2.31. The van der Waals surface area contributed by atoms with Crippen LogP contribution in [0.4, 0.5) is 4.39 Å². The van der Waals surface area contributed by atoms with Gasteiger partial charge in [-0.2, -0.15) is 0 Å². The van der Waals surface area contributed by atoms with Gasteiger partial charge >= 0.3 is 0 Å². The van der Waals surface area contributed by atoms with E-state index in [1.807, 2.05) is 0 Å². The molecule has 2 nitrogen and oxygen atoms in total. The molecule has 0 radical (unpaired) electrons. The summed E-state index contributed by atoms with van der Waals surface area (Å²) in [6.07, 6.45) is 0.830. The van der Waals surface area contributed by atoms with Crippen LogP contribution in [-0.4, -0.2) is 12.1 Å². The Bertz CT molecular complexity index is 584. The van der Waals surface area contributed by atoms with E-state index in [1.54, 1.807) is 6.07 Å². The Morgan fingerprint density at radius 3 is 2.67 bits per heavy atom. The van der Waals surface area contributed by atoms with Gasteiger partial charge in [0.15, 0.2) is 0 Å². The Kier molecular flexibility index (Phi) is 3.71. The number of hydrogen-bond acceptors (Lipinski definition) is 2. The smallest absolute Gasteiger partial charge is 0.148 e. The number of fused-ring (bicyclic) bond motifs is 1. The van der Waals surface area contributed by atoms with Crippen LogP contribution < -0.4 is 4.74 Å². The molecule has 0 spiro atoms. The van der Waals surface area contributed by atoms with Gasteiger partial charge in [-0.15, -0.1) is 0 Å². The zero-order valence-corrected chi connectivity index (χ0v) is 11.4. The van der Waals surface area contributed by atoms with Crippen molar-refractivity contribution in [2.75, 3.05) is 7.11 Å². The molecule has 18 heavy (non-hydrogen) atoms. The normalized spacial score (nSPS) is 11.2. The molecular formula is C14H15ClFNO. The first-order valence-electron chi connectivity index (χ1n) is 5.84. The Morgan fingerprint density at radius 2 is 2.06 bits per heavy atom. The first kappa shape index (κ1) is 13.1. The number of pyridine rings is 1. The highest BCUT2D eigenvalue weighted by atomic mass is 35.5. The number of halogens is 2. The van der Waals surface area contributed by atoms with Crippen molar-refractivity contribution in [3.05, 3.63) is 34.7 Å². The quantitative estimate of drug-likeness (QED) is 0.830. The van der Waals surface area contributed by atoms with Gasteiger partial charge in [-0.1, -0.05) is 25.4 Å². The summed E-state index contributed by atoms with van der Waals surface area (Å²) in [5, 5.41) is 1.09. The molecule has 0 unspecified atom stereocenters. The molecule has 0 fully saturated rings. The van der Waals surface area contributed by atoms with Gasteiger partial charge in [0.05, 0.1) is 12.1 Å². The zero-order chi connectivity index (χ0) is 13.3. The molecule has 1 aromatic heterocycles. The van der Waals surface area contributed by atoms with E-state index in [4.69, 9.17) is 16.3 Å². The van der Waals surface area contributed by atoms with Crippen LogP contribution in [0, 0.1) is 11.7 Å². The van der Waals surface area contributed by atoms with Crippen molar-refractivity contribution in [3.8, 4) is 5.75 Å². The van der Waals surface area contributed by atoms with E-state index in [9.17, 15) is 4.39 Å². The monoisotopic (exact) mass is 267 g/mol. The van der Waals surface area contributed by atoms with E-state index in [1.165, 1.54) is 19.2 Å². The molecule has 0 bridgehead atoms. The summed E-state index contributed by atoms with van der Waals surface area (Å²) in [4.78, 5) is 4.51. The van der Waals surface area contributed by atoms with Crippen LogP contribution in [0.15, 0.2) is 18.2 Å². The minimum Gasteiger partial charge on any atom is -0.494 e. The van der Waals surface area contributed by atoms with Crippen LogP contribution >= 0.6 is 11.6 Å². The molecule has 0 aliphatic heterocycles. The second kappa shape index (κ2) is 5.11. The molecule has 2 rings (SSSR count). The molecule has 0 aliphatic carbocycles. The fraction of sp³-hybridized carbons (Fsp3) is 0.357. The van der Waals surface area contributed by atoms with Gasteiger partial charge in [-0.3, -0.25) is 0 Å². The van der Waals surface area contributed by atoms with Crippen LogP contribution in [0.25, 0.3) is 10.9 Å². The summed E-state index contributed by atoms with van der Waals surface area (Å²) < 4.78 is 18.6. The lowest BCUT2D eigenvalue weighted by Gasteiger charge is -2.10. The van der Waals surface area contributed by atoms with Crippen molar-refractivity contribution in [2.45, 2.75) is 20.3 Å². The third-order valence-corrected chi connectivity index (χ3v) is 3.00. The van der Waals surface area contributed by atoms with Gasteiger partial charge in [-0.25, -0.2) is 9.37 Å². The van der Waals surface area contributed by atoms with E-state index in [0.717, 1.165) is 12.1 Å². The molecule has 1 heterocycles. The second-order valence-corrected chi connectivity index (χ2v) is 5.10. The van der Waals surface area contributed by atoms with E-state index in [-0.39, 0.29) is 5.82 Å². The van der Waals surface area contributed by atoms with Crippen LogP contribution in [0.3, 0.4) is 0 Å². The predicted molar refractivity (Wildman–Crippen MR) is 71.8 cm³/mol. The number of benzene rings is 1. The van der Waals surface area contributed by atoms with Gasteiger partial charge in [0.1, 0.15) is 17.1 Å². The van der Waals surface area contributed by atoms with E-state index < -0.39 is 0 Å². The standard InChI is InChI=1S/C14H15ClFNO/c1-8(2)4-10-7-12(15)11-5-9(16)6-13(18-3)14(11)17-10/h5-8H,4H2,1-3H3. The largest absolute Gasteiger partial charge is 0.494 e. The van der Waals surface area contributed by atoms with Gasteiger partial charge in [-0.05, 0) is 24.5 Å². The van der Waals surface area contributed by atoms with Crippen molar-refractivity contribution < 1.29 is 9.13 Å². The molecule has 96 valence electrons. The third-order valence-electron chi connectivity index (χ3n) is 2.68. The van der Waals surface area contributed by atoms with Crippen LogP contribution in [0.2, 0.25) is 5.02 Å². The van der Waals surface area contributed by atoms with Crippen molar-refractivity contribution in [1.82, 2.24) is 4.98 Å². The second-order valence-electron chi connectivity index (χ2n) is 4.70. The maximum absolute atomic E-state index is 13.4. The fourth-order valence-electron chi connectivity index (χ4n) is 1.95. The highest BCUT2D eigenvalue weighted by molar-refractivity contribution is 6.35. The molecule has 0 atom stereocenters. The van der Waals surface area contributed by atoms with Gasteiger partial charge in [0, 0.05) is 17.1 Å². The topological polar surface area (TPSA) is 22.1 Å². The van der Waals surface area contributed by atoms with Crippen molar-refractivity contribution in [2.24, 2.45) is 5.92 Å². The molecule has 4 heteroatoms. The Labute approximate surface area is 111 Å². The summed E-state index contributed by atoms with van der Waals surface area (Å²) in [7, 11) is 1.50.